The van der Waals surface area contributed by atoms with Crippen LogP contribution in [0.2, 0.25) is 0 Å². The van der Waals surface area contributed by atoms with Crippen LogP contribution in [0.3, 0.4) is 0 Å². The van der Waals surface area contributed by atoms with Crippen LogP contribution >= 0.6 is 0 Å². The van der Waals surface area contributed by atoms with Crippen molar-refractivity contribution in [3.05, 3.63) is 23.8 Å². The maximum absolute atomic E-state index is 11.8. The minimum atomic E-state index is -0.139. The SMILES string of the molecule is CCOC(=O)[C@@H](CC)Cc1ccc(OC)c(OC)c1. The molecule has 0 unspecified atom stereocenters. The summed E-state index contributed by atoms with van der Waals surface area (Å²) in [4.78, 5) is 11.8. The van der Waals surface area contributed by atoms with Crippen LogP contribution in [0.15, 0.2) is 18.2 Å². The van der Waals surface area contributed by atoms with E-state index in [1.807, 2.05) is 32.0 Å². The minimum Gasteiger partial charge on any atom is -0.493 e. The zero-order valence-electron chi connectivity index (χ0n) is 12.1. The molecule has 19 heavy (non-hydrogen) atoms. The van der Waals surface area contributed by atoms with Gasteiger partial charge in [-0.25, -0.2) is 0 Å². The van der Waals surface area contributed by atoms with Crippen molar-refractivity contribution in [2.24, 2.45) is 5.92 Å². The predicted octanol–water partition coefficient (Wildman–Crippen LogP) is 2.84. The summed E-state index contributed by atoms with van der Waals surface area (Å²) in [5.41, 5.74) is 1.04. The number of carbonyl (C=O) groups is 1. The van der Waals surface area contributed by atoms with E-state index >= 15 is 0 Å². The van der Waals surface area contributed by atoms with Crippen LogP contribution in [-0.2, 0) is 16.0 Å². The van der Waals surface area contributed by atoms with Crippen LogP contribution in [-0.4, -0.2) is 26.8 Å². The molecule has 106 valence electrons. The maximum atomic E-state index is 11.8. The van der Waals surface area contributed by atoms with Crippen molar-refractivity contribution in [2.75, 3.05) is 20.8 Å². The lowest BCUT2D eigenvalue weighted by Gasteiger charge is -2.15. The highest BCUT2D eigenvalue weighted by molar-refractivity contribution is 5.72. The molecule has 0 aliphatic heterocycles. The zero-order valence-corrected chi connectivity index (χ0v) is 12.1. The Labute approximate surface area is 114 Å². The first-order valence-corrected chi connectivity index (χ1v) is 6.53. The highest BCUT2D eigenvalue weighted by Gasteiger charge is 2.18. The van der Waals surface area contributed by atoms with Crippen molar-refractivity contribution in [3.8, 4) is 11.5 Å². The molecule has 0 aliphatic carbocycles. The smallest absolute Gasteiger partial charge is 0.309 e. The Balaban J connectivity index is 2.82. The molecule has 0 bridgehead atoms. The molecule has 1 aromatic rings. The van der Waals surface area contributed by atoms with Crippen molar-refractivity contribution >= 4 is 5.97 Å². The summed E-state index contributed by atoms with van der Waals surface area (Å²) >= 11 is 0. The van der Waals surface area contributed by atoms with Gasteiger partial charge in [0.15, 0.2) is 11.5 Å². The molecule has 0 aliphatic rings. The minimum absolute atomic E-state index is 0.113. The molecule has 0 heterocycles. The summed E-state index contributed by atoms with van der Waals surface area (Å²) in [6.45, 7) is 4.23. The highest BCUT2D eigenvalue weighted by Crippen LogP contribution is 2.29. The first kappa shape index (κ1) is 15.3. The first-order valence-electron chi connectivity index (χ1n) is 6.53. The lowest BCUT2D eigenvalue weighted by molar-refractivity contribution is -0.148. The van der Waals surface area contributed by atoms with E-state index in [-0.39, 0.29) is 11.9 Å². The fraction of sp³-hybridized carbons (Fsp3) is 0.533. The Hall–Kier alpha value is -1.71. The molecule has 0 saturated carbocycles. The van der Waals surface area contributed by atoms with Crippen molar-refractivity contribution in [3.63, 3.8) is 0 Å². The van der Waals surface area contributed by atoms with Crippen LogP contribution < -0.4 is 9.47 Å². The lowest BCUT2D eigenvalue weighted by Crippen LogP contribution is -2.19. The number of carbonyl (C=O) groups excluding carboxylic acids is 1. The van der Waals surface area contributed by atoms with Crippen LogP contribution in [0.25, 0.3) is 0 Å². The van der Waals surface area contributed by atoms with Crippen molar-refractivity contribution < 1.29 is 19.0 Å². The Morgan fingerprint density at radius 3 is 2.37 bits per heavy atom. The standard InChI is InChI=1S/C15H22O4/c1-5-12(15(16)19-6-2)9-11-7-8-13(17-3)14(10-11)18-4/h7-8,10,12H,5-6,9H2,1-4H3/t12-/m0/s1. The van der Waals surface area contributed by atoms with E-state index in [1.165, 1.54) is 0 Å². The number of methoxy groups -OCH3 is 2. The average molecular weight is 266 g/mol. The van der Waals surface area contributed by atoms with E-state index in [0.717, 1.165) is 12.0 Å². The molecule has 0 saturated heterocycles. The van der Waals surface area contributed by atoms with Crippen molar-refractivity contribution in [1.82, 2.24) is 0 Å². The number of hydrogen-bond donors (Lipinski definition) is 0. The van der Waals surface area contributed by atoms with Gasteiger partial charge in [0, 0.05) is 0 Å². The molecule has 1 atom stereocenters. The monoisotopic (exact) mass is 266 g/mol. The summed E-state index contributed by atoms with van der Waals surface area (Å²) in [5, 5.41) is 0. The van der Waals surface area contributed by atoms with Crippen LogP contribution in [0.5, 0.6) is 11.5 Å². The number of rotatable bonds is 7. The van der Waals surface area contributed by atoms with E-state index in [9.17, 15) is 4.79 Å². The third kappa shape index (κ3) is 4.16. The van der Waals surface area contributed by atoms with Gasteiger partial charge in [-0.15, -0.1) is 0 Å². The number of hydrogen-bond acceptors (Lipinski definition) is 4. The van der Waals surface area contributed by atoms with Gasteiger partial charge < -0.3 is 14.2 Å². The van der Waals surface area contributed by atoms with Crippen LogP contribution in [0, 0.1) is 5.92 Å². The van der Waals surface area contributed by atoms with Crippen LogP contribution in [0.4, 0.5) is 0 Å². The van der Waals surface area contributed by atoms with E-state index in [0.29, 0.717) is 24.5 Å². The first-order chi connectivity index (χ1) is 9.15. The molecule has 0 fully saturated rings. The Kier molecular flexibility index (Phi) is 6.19. The number of ether oxygens (including phenoxy) is 3. The topological polar surface area (TPSA) is 44.8 Å². The van der Waals surface area contributed by atoms with Gasteiger partial charge in [0.1, 0.15) is 0 Å². The maximum Gasteiger partial charge on any atom is 0.309 e. The zero-order chi connectivity index (χ0) is 14.3. The van der Waals surface area contributed by atoms with Gasteiger partial charge in [0.2, 0.25) is 0 Å². The number of benzene rings is 1. The molecular weight excluding hydrogens is 244 g/mol. The summed E-state index contributed by atoms with van der Waals surface area (Å²) < 4.78 is 15.5. The van der Waals surface area contributed by atoms with Crippen molar-refractivity contribution in [2.45, 2.75) is 26.7 Å². The van der Waals surface area contributed by atoms with E-state index in [2.05, 4.69) is 0 Å². The predicted molar refractivity (Wildman–Crippen MR) is 73.7 cm³/mol. The molecule has 0 amide bonds. The largest absolute Gasteiger partial charge is 0.493 e. The molecule has 0 N–H and O–H groups in total. The van der Waals surface area contributed by atoms with Gasteiger partial charge in [-0.05, 0) is 37.5 Å². The lowest BCUT2D eigenvalue weighted by atomic mass is 9.97. The average Bonchev–Trinajstić information content (AvgIpc) is 2.44. The summed E-state index contributed by atoms with van der Waals surface area (Å²) in [5.74, 6) is 1.12. The van der Waals surface area contributed by atoms with E-state index in [1.54, 1.807) is 14.2 Å². The second kappa shape index (κ2) is 7.67. The highest BCUT2D eigenvalue weighted by atomic mass is 16.5. The molecule has 1 aromatic carbocycles. The Bertz CT molecular complexity index is 415. The second-order valence-electron chi connectivity index (χ2n) is 4.25. The quantitative estimate of drug-likeness (QED) is 0.712. The van der Waals surface area contributed by atoms with Gasteiger partial charge in [0.05, 0.1) is 26.7 Å². The Morgan fingerprint density at radius 2 is 1.84 bits per heavy atom. The van der Waals surface area contributed by atoms with Gasteiger partial charge >= 0.3 is 5.97 Å². The molecule has 1 rings (SSSR count). The van der Waals surface area contributed by atoms with Gasteiger partial charge in [-0.1, -0.05) is 13.0 Å². The summed E-state index contributed by atoms with van der Waals surface area (Å²) in [7, 11) is 3.20. The molecule has 0 aromatic heterocycles. The van der Waals surface area contributed by atoms with Gasteiger partial charge in [0.25, 0.3) is 0 Å². The molecular formula is C15H22O4. The van der Waals surface area contributed by atoms with Gasteiger partial charge in [-0.2, -0.15) is 0 Å². The molecule has 0 spiro atoms. The number of esters is 1. The van der Waals surface area contributed by atoms with Crippen molar-refractivity contribution in [1.29, 1.82) is 0 Å². The third-order valence-corrected chi connectivity index (χ3v) is 3.04. The second-order valence-corrected chi connectivity index (χ2v) is 4.25. The summed E-state index contributed by atoms with van der Waals surface area (Å²) in [6, 6.07) is 5.70. The van der Waals surface area contributed by atoms with Gasteiger partial charge in [-0.3, -0.25) is 4.79 Å². The molecule has 4 nitrogen and oxygen atoms in total. The fourth-order valence-corrected chi connectivity index (χ4v) is 1.95. The normalized spacial score (nSPS) is 11.8. The summed E-state index contributed by atoms with van der Waals surface area (Å²) in [6.07, 6.45) is 1.41. The molecule has 0 radical (unpaired) electrons. The Morgan fingerprint density at radius 1 is 1.16 bits per heavy atom. The van der Waals surface area contributed by atoms with E-state index < -0.39 is 0 Å². The third-order valence-electron chi connectivity index (χ3n) is 3.04. The molecule has 4 heteroatoms. The van der Waals surface area contributed by atoms with E-state index in [4.69, 9.17) is 14.2 Å². The van der Waals surface area contributed by atoms with Crippen LogP contribution in [0.1, 0.15) is 25.8 Å². The fourth-order valence-electron chi connectivity index (χ4n) is 1.95.